The summed E-state index contributed by atoms with van der Waals surface area (Å²) in [6.07, 6.45) is 0. The molecule has 6 nitrogen and oxygen atoms in total. The van der Waals surface area contributed by atoms with Crippen molar-refractivity contribution in [2.45, 2.75) is 0 Å². The highest BCUT2D eigenvalue weighted by Crippen LogP contribution is 2.23. The van der Waals surface area contributed by atoms with Gasteiger partial charge in [-0.1, -0.05) is 11.6 Å². The third-order valence-corrected chi connectivity index (χ3v) is 4.93. The van der Waals surface area contributed by atoms with E-state index < -0.39 is 5.82 Å². The molecule has 3 rings (SSSR count). The lowest BCUT2D eigenvalue weighted by Crippen LogP contribution is -2.52. The average Bonchev–Trinajstić information content (AvgIpc) is 2.65. The van der Waals surface area contributed by atoms with Crippen molar-refractivity contribution in [3.8, 4) is 0 Å². The quantitative estimate of drug-likeness (QED) is 0.875. The fraction of sp³-hybridized carbons (Fsp3) is 0.588. The van der Waals surface area contributed by atoms with E-state index in [1.54, 1.807) is 12.1 Å². The molecule has 2 fully saturated rings. The van der Waals surface area contributed by atoms with Crippen LogP contribution in [-0.2, 0) is 4.74 Å². The van der Waals surface area contributed by atoms with E-state index in [0.29, 0.717) is 32.7 Å². The van der Waals surface area contributed by atoms with Crippen LogP contribution in [0.2, 0.25) is 5.02 Å². The van der Waals surface area contributed by atoms with Crippen LogP contribution in [0.25, 0.3) is 0 Å². The lowest BCUT2D eigenvalue weighted by molar-refractivity contribution is 0.0386. The molecule has 0 atom stereocenters. The summed E-state index contributed by atoms with van der Waals surface area (Å²) in [5, 5.41) is 3.11. The minimum absolute atomic E-state index is 0.0231. The zero-order valence-corrected chi connectivity index (χ0v) is 15.0. The standard InChI is InChI=1S/C17H24ClFN4O2/c18-15-13-14(1-2-16(15)19)22-5-7-23(8-6-22)17(24)20-3-4-21-9-11-25-12-10-21/h1-2,13H,3-12H2,(H,20,24). The maximum Gasteiger partial charge on any atom is 0.317 e. The maximum atomic E-state index is 13.3. The summed E-state index contributed by atoms with van der Waals surface area (Å²) in [5.74, 6) is -0.413. The number of piperazine rings is 1. The Kier molecular flexibility index (Phi) is 6.34. The summed E-state index contributed by atoms with van der Waals surface area (Å²) in [4.78, 5) is 18.5. The largest absolute Gasteiger partial charge is 0.379 e. The Balaban J connectivity index is 1.40. The predicted octanol–water partition coefficient (Wildman–Crippen LogP) is 1.64. The second-order valence-corrected chi connectivity index (χ2v) is 6.67. The van der Waals surface area contributed by atoms with Crippen LogP contribution in [0, 0.1) is 5.82 Å². The van der Waals surface area contributed by atoms with Gasteiger partial charge in [-0.15, -0.1) is 0 Å². The van der Waals surface area contributed by atoms with Gasteiger partial charge in [0, 0.05) is 58.0 Å². The van der Waals surface area contributed by atoms with Gasteiger partial charge in [-0.3, -0.25) is 4.90 Å². The minimum Gasteiger partial charge on any atom is -0.379 e. The Labute approximate surface area is 152 Å². The Morgan fingerprint density at radius 1 is 1.16 bits per heavy atom. The first-order valence-corrected chi connectivity index (χ1v) is 9.04. The minimum atomic E-state index is -0.413. The topological polar surface area (TPSA) is 48.1 Å². The van der Waals surface area contributed by atoms with Gasteiger partial charge in [0.15, 0.2) is 0 Å². The Hall–Kier alpha value is -1.57. The highest BCUT2D eigenvalue weighted by atomic mass is 35.5. The molecule has 2 saturated heterocycles. The van der Waals surface area contributed by atoms with Gasteiger partial charge in [-0.2, -0.15) is 0 Å². The number of urea groups is 1. The fourth-order valence-electron chi connectivity index (χ4n) is 3.11. The van der Waals surface area contributed by atoms with E-state index in [0.717, 1.165) is 38.5 Å². The highest BCUT2D eigenvalue weighted by Gasteiger charge is 2.21. The van der Waals surface area contributed by atoms with Crippen molar-refractivity contribution in [2.75, 3.05) is 70.5 Å². The molecule has 1 N–H and O–H groups in total. The molecule has 8 heteroatoms. The Morgan fingerprint density at radius 3 is 2.56 bits per heavy atom. The molecule has 0 aliphatic carbocycles. The molecule has 2 aliphatic rings. The van der Waals surface area contributed by atoms with Gasteiger partial charge < -0.3 is 19.9 Å². The zero-order chi connectivity index (χ0) is 17.6. The zero-order valence-electron chi connectivity index (χ0n) is 14.2. The molecule has 0 unspecified atom stereocenters. The number of benzene rings is 1. The van der Waals surface area contributed by atoms with Crippen molar-refractivity contribution in [3.05, 3.63) is 29.0 Å². The third kappa shape index (κ3) is 4.96. The second-order valence-electron chi connectivity index (χ2n) is 6.26. The number of hydrogen-bond donors (Lipinski definition) is 1. The van der Waals surface area contributed by atoms with Crippen molar-refractivity contribution in [1.82, 2.24) is 15.1 Å². The summed E-state index contributed by atoms with van der Waals surface area (Å²) >= 11 is 5.85. The van der Waals surface area contributed by atoms with E-state index >= 15 is 0 Å². The summed E-state index contributed by atoms with van der Waals surface area (Å²) in [6.45, 7) is 7.57. The molecule has 0 radical (unpaired) electrons. The van der Waals surface area contributed by atoms with Gasteiger partial charge in [-0.05, 0) is 18.2 Å². The first-order chi connectivity index (χ1) is 12.1. The fourth-order valence-corrected chi connectivity index (χ4v) is 3.28. The normalized spacial score (nSPS) is 19.1. The van der Waals surface area contributed by atoms with Crippen LogP contribution in [0.4, 0.5) is 14.9 Å². The number of halogens is 2. The lowest BCUT2D eigenvalue weighted by Gasteiger charge is -2.36. The van der Waals surface area contributed by atoms with E-state index in [2.05, 4.69) is 15.1 Å². The number of anilines is 1. The monoisotopic (exact) mass is 370 g/mol. The lowest BCUT2D eigenvalue weighted by atomic mass is 10.2. The number of nitrogens with one attached hydrogen (secondary N) is 1. The van der Waals surface area contributed by atoms with E-state index in [-0.39, 0.29) is 11.1 Å². The summed E-state index contributed by atoms with van der Waals surface area (Å²) in [7, 11) is 0. The average molecular weight is 371 g/mol. The summed E-state index contributed by atoms with van der Waals surface area (Å²) in [6, 6.07) is 4.71. The smallest absolute Gasteiger partial charge is 0.317 e. The molecule has 138 valence electrons. The second kappa shape index (κ2) is 8.69. The Bertz CT molecular complexity index is 590. The third-order valence-electron chi connectivity index (χ3n) is 4.64. The van der Waals surface area contributed by atoms with Crippen LogP contribution in [0.3, 0.4) is 0 Å². The maximum absolute atomic E-state index is 13.3. The van der Waals surface area contributed by atoms with Crippen molar-refractivity contribution in [2.24, 2.45) is 0 Å². The molecule has 25 heavy (non-hydrogen) atoms. The molecule has 0 aromatic heterocycles. The Morgan fingerprint density at radius 2 is 1.88 bits per heavy atom. The van der Waals surface area contributed by atoms with Crippen LogP contribution in [0.1, 0.15) is 0 Å². The molecule has 2 heterocycles. The molecule has 0 bridgehead atoms. The van der Waals surface area contributed by atoms with Gasteiger partial charge in [0.05, 0.1) is 18.2 Å². The number of morpholine rings is 1. The van der Waals surface area contributed by atoms with Crippen molar-refractivity contribution < 1.29 is 13.9 Å². The number of rotatable bonds is 4. The molecule has 0 saturated carbocycles. The summed E-state index contributed by atoms with van der Waals surface area (Å²) < 4.78 is 18.6. The van der Waals surface area contributed by atoms with Gasteiger partial charge in [-0.25, -0.2) is 9.18 Å². The molecule has 1 aromatic carbocycles. The van der Waals surface area contributed by atoms with Crippen LogP contribution in [0.15, 0.2) is 18.2 Å². The first-order valence-electron chi connectivity index (χ1n) is 8.66. The van der Waals surface area contributed by atoms with Gasteiger partial charge in [0.2, 0.25) is 0 Å². The summed E-state index contributed by atoms with van der Waals surface area (Å²) in [5.41, 5.74) is 0.888. The molecular formula is C17H24ClFN4O2. The highest BCUT2D eigenvalue weighted by molar-refractivity contribution is 6.31. The number of carbonyl (C=O) groups is 1. The molecule has 0 spiro atoms. The number of amides is 2. The van der Waals surface area contributed by atoms with Crippen molar-refractivity contribution in [3.63, 3.8) is 0 Å². The number of ether oxygens (including phenoxy) is 1. The number of hydrogen-bond acceptors (Lipinski definition) is 4. The molecular weight excluding hydrogens is 347 g/mol. The van der Waals surface area contributed by atoms with Crippen LogP contribution >= 0.6 is 11.6 Å². The first kappa shape index (κ1) is 18.2. The van der Waals surface area contributed by atoms with Gasteiger partial charge >= 0.3 is 6.03 Å². The van der Waals surface area contributed by atoms with Crippen LogP contribution in [-0.4, -0.2) is 81.4 Å². The van der Waals surface area contributed by atoms with E-state index in [1.807, 2.05) is 4.90 Å². The molecule has 2 aliphatic heterocycles. The van der Waals surface area contributed by atoms with Crippen molar-refractivity contribution >= 4 is 23.3 Å². The predicted molar refractivity (Wildman–Crippen MR) is 95.9 cm³/mol. The van der Waals surface area contributed by atoms with Crippen LogP contribution < -0.4 is 10.2 Å². The van der Waals surface area contributed by atoms with Gasteiger partial charge in [0.1, 0.15) is 5.82 Å². The number of carbonyl (C=O) groups excluding carboxylic acids is 1. The SMILES string of the molecule is O=C(NCCN1CCOCC1)N1CCN(c2ccc(F)c(Cl)c2)CC1. The van der Waals surface area contributed by atoms with E-state index in [9.17, 15) is 9.18 Å². The molecule has 2 amide bonds. The van der Waals surface area contributed by atoms with E-state index in [1.165, 1.54) is 6.07 Å². The van der Waals surface area contributed by atoms with Gasteiger partial charge in [0.25, 0.3) is 0 Å². The molecule has 1 aromatic rings. The van der Waals surface area contributed by atoms with E-state index in [4.69, 9.17) is 16.3 Å². The van der Waals surface area contributed by atoms with Crippen LogP contribution in [0.5, 0.6) is 0 Å². The van der Waals surface area contributed by atoms with Crippen molar-refractivity contribution in [1.29, 1.82) is 0 Å². The number of nitrogens with zero attached hydrogens (tertiary/aromatic N) is 3.